The second-order valence-electron chi connectivity index (χ2n) is 5.62. The molecule has 1 aliphatic heterocycles. The molecular formula is C18H21NO. The fourth-order valence-corrected chi connectivity index (χ4v) is 3.03. The van der Waals surface area contributed by atoms with Crippen LogP contribution in [0.2, 0.25) is 0 Å². The molecule has 2 aromatic carbocycles. The molecule has 0 bridgehead atoms. The number of rotatable bonds is 4. The van der Waals surface area contributed by atoms with Crippen LogP contribution in [0, 0.1) is 5.92 Å². The van der Waals surface area contributed by atoms with E-state index in [0.29, 0.717) is 5.92 Å². The topological polar surface area (TPSA) is 23.5 Å². The van der Waals surface area contributed by atoms with E-state index in [0.717, 1.165) is 31.6 Å². The standard InChI is InChI=1S/C18H21NO/c20-18(16-9-5-2-6-10-16)17-11-12-19(14-17)13-15-7-3-1-4-8-15/h1-10,17-18,20H,11-14H2/t17-,18-/m0/s1. The second-order valence-corrected chi connectivity index (χ2v) is 5.62. The van der Waals surface area contributed by atoms with Gasteiger partial charge in [-0.3, -0.25) is 4.90 Å². The molecule has 1 heterocycles. The summed E-state index contributed by atoms with van der Waals surface area (Å²) in [5.74, 6) is 0.348. The molecule has 20 heavy (non-hydrogen) atoms. The van der Waals surface area contributed by atoms with E-state index in [1.54, 1.807) is 0 Å². The van der Waals surface area contributed by atoms with Crippen molar-refractivity contribution in [3.05, 3.63) is 71.8 Å². The molecule has 3 rings (SSSR count). The van der Waals surface area contributed by atoms with Crippen molar-refractivity contribution in [1.82, 2.24) is 4.90 Å². The fraction of sp³-hybridized carbons (Fsp3) is 0.333. The van der Waals surface area contributed by atoms with E-state index in [1.165, 1.54) is 5.56 Å². The third kappa shape index (κ3) is 3.09. The van der Waals surface area contributed by atoms with Crippen molar-refractivity contribution in [2.45, 2.75) is 19.1 Å². The average molecular weight is 267 g/mol. The number of aliphatic hydroxyl groups is 1. The lowest BCUT2D eigenvalue weighted by molar-refractivity contribution is 0.110. The second kappa shape index (κ2) is 6.21. The molecule has 1 fully saturated rings. The minimum atomic E-state index is -0.336. The predicted octanol–water partition coefficient (Wildman–Crippen LogP) is 3.24. The highest BCUT2D eigenvalue weighted by molar-refractivity contribution is 5.19. The van der Waals surface area contributed by atoms with Crippen molar-refractivity contribution >= 4 is 0 Å². The van der Waals surface area contributed by atoms with Crippen LogP contribution in [0.5, 0.6) is 0 Å². The minimum Gasteiger partial charge on any atom is -0.388 e. The lowest BCUT2D eigenvalue weighted by Gasteiger charge is -2.20. The smallest absolute Gasteiger partial charge is 0.0830 e. The number of benzene rings is 2. The Morgan fingerprint density at radius 2 is 1.65 bits per heavy atom. The van der Waals surface area contributed by atoms with Crippen molar-refractivity contribution in [2.75, 3.05) is 13.1 Å². The van der Waals surface area contributed by atoms with Gasteiger partial charge in [0.2, 0.25) is 0 Å². The number of hydrogen-bond donors (Lipinski definition) is 1. The molecule has 1 saturated heterocycles. The van der Waals surface area contributed by atoms with E-state index in [9.17, 15) is 5.11 Å². The molecule has 0 aromatic heterocycles. The summed E-state index contributed by atoms with van der Waals surface area (Å²) in [5, 5.41) is 10.5. The van der Waals surface area contributed by atoms with Gasteiger partial charge in [-0.25, -0.2) is 0 Å². The maximum atomic E-state index is 10.5. The summed E-state index contributed by atoms with van der Waals surface area (Å²) in [6, 6.07) is 20.6. The normalized spacial score (nSPS) is 20.9. The molecule has 2 aromatic rings. The van der Waals surface area contributed by atoms with Crippen molar-refractivity contribution in [2.24, 2.45) is 5.92 Å². The van der Waals surface area contributed by atoms with Crippen LogP contribution in [0.15, 0.2) is 60.7 Å². The van der Waals surface area contributed by atoms with Gasteiger partial charge in [-0.05, 0) is 24.1 Å². The Morgan fingerprint density at radius 3 is 2.35 bits per heavy atom. The highest BCUT2D eigenvalue weighted by atomic mass is 16.3. The Balaban J connectivity index is 1.59. The van der Waals surface area contributed by atoms with Gasteiger partial charge in [0, 0.05) is 19.0 Å². The molecule has 0 aliphatic carbocycles. The first-order chi connectivity index (χ1) is 9.83. The molecule has 0 saturated carbocycles. The van der Waals surface area contributed by atoms with Gasteiger partial charge < -0.3 is 5.11 Å². The van der Waals surface area contributed by atoms with Crippen LogP contribution in [0.3, 0.4) is 0 Å². The van der Waals surface area contributed by atoms with Gasteiger partial charge >= 0.3 is 0 Å². The van der Waals surface area contributed by atoms with Crippen LogP contribution < -0.4 is 0 Å². The van der Waals surface area contributed by atoms with E-state index < -0.39 is 0 Å². The first-order valence-electron chi connectivity index (χ1n) is 7.32. The summed E-state index contributed by atoms with van der Waals surface area (Å²) in [6.07, 6.45) is 0.736. The zero-order chi connectivity index (χ0) is 13.8. The van der Waals surface area contributed by atoms with Gasteiger partial charge in [-0.2, -0.15) is 0 Å². The minimum absolute atomic E-state index is 0.336. The summed E-state index contributed by atoms with van der Waals surface area (Å²) in [6.45, 7) is 3.03. The molecule has 0 radical (unpaired) electrons. The lowest BCUT2D eigenvalue weighted by atomic mass is 9.95. The number of aliphatic hydroxyl groups excluding tert-OH is 1. The van der Waals surface area contributed by atoms with Gasteiger partial charge in [-0.15, -0.1) is 0 Å². The molecule has 0 amide bonds. The summed E-state index contributed by atoms with van der Waals surface area (Å²) >= 11 is 0. The van der Waals surface area contributed by atoms with Crippen molar-refractivity contribution in [3.8, 4) is 0 Å². The third-order valence-electron chi connectivity index (χ3n) is 4.15. The van der Waals surface area contributed by atoms with E-state index >= 15 is 0 Å². The third-order valence-corrected chi connectivity index (χ3v) is 4.15. The lowest BCUT2D eigenvalue weighted by Crippen LogP contribution is -2.22. The Bertz CT molecular complexity index is 526. The molecular weight excluding hydrogens is 246 g/mol. The summed E-state index contributed by atoms with van der Waals surface area (Å²) in [5.41, 5.74) is 2.39. The van der Waals surface area contributed by atoms with Gasteiger partial charge in [0.25, 0.3) is 0 Å². The number of hydrogen-bond acceptors (Lipinski definition) is 2. The van der Waals surface area contributed by atoms with Gasteiger partial charge in [0.15, 0.2) is 0 Å². The molecule has 2 heteroatoms. The molecule has 1 aliphatic rings. The maximum Gasteiger partial charge on any atom is 0.0830 e. The molecule has 0 spiro atoms. The number of nitrogens with zero attached hydrogens (tertiary/aromatic N) is 1. The zero-order valence-corrected chi connectivity index (χ0v) is 11.7. The highest BCUT2D eigenvalue weighted by Gasteiger charge is 2.28. The highest BCUT2D eigenvalue weighted by Crippen LogP contribution is 2.30. The van der Waals surface area contributed by atoms with Crippen LogP contribution in [0.25, 0.3) is 0 Å². The SMILES string of the molecule is O[C@@H](c1ccccc1)[C@H]1CCN(Cc2ccccc2)C1. The summed E-state index contributed by atoms with van der Waals surface area (Å²) < 4.78 is 0. The monoisotopic (exact) mass is 267 g/mol. The summed E-state index contributed by atoms with van der Waals surface area (Å²) in [7, 11) is 0. The van der Waals surface area contributed by atoms with Gasteiger partial charge in [0.05, 0.1) is 6.10 Å². The van der Waals surface area contributed by atoms with E-state index in [1.807, 2.05) is 30.3 Å². The van der Waals surface area contributed by atoms with E-state index in [-0.39, 0.29) is 6.10 Å². The largest absolute Gasteiger partial charge is 0.388 e. The maximum absolute atomic E-state index is 10.5. The first kappa shape index (κ1) is 13.3. The van der Waals surface area contributed by atoms with Crippen LogP contribution in [-0.2, 0) is 6.54 Å². The Labute approximate surface area is 120 Å². The molecule has 2 nitrogen and oxygen atoms in total. The zero-order valence-electron chi connectivity index (χ0n) is 11.7. The number of likely N-dealkylation sites (tertiary alicyclic amines) is 1. The quantitative estimate of drug-likeness (QED) is 0.919. The van der Waals surface area contributed by atoms with Crippen LogP contribution in [0.1, 0.15) is 23.7 Å². The Morgan fingerprint density at radius 1 is 1.00 bits per heavy atom. The molecule has 0 unspecified atom stereocenters. The van der Waals surface area contributed by atoms with Crippen LogP contribution >= 0.6 is 0 Å². The van der Waals surface area contributed by atoms with Gasteiger partial charge in [-0.1, -0.05) is 60.7 Å². The van der Waals surface area contributed by atoms with Gasteiger partial charge in [0.1, 0.15) is 0 Å². The Kier molecular flexibility index (Phi) is 4.14. The first-order valence-corrected chi connectivity index (χ1v) is 7.32. The van der Waals surface area contributed by atoms with E-state index in [4.69, 9.17) is 0 Å². The fourth-order valence-electron chi connectivity index (χ4n) is 3.03. The molecule has 1 N–H and O–H groups in total. The predicted molar refractivity (Wildman–Crippen MR) is 81.2 cm³/mol. The van der Waals surface area contributed by atoms with E-state index in [2.05, 4.69) is 35.2 Å². The summed E-state index contributed by atoms with van der Waals surface area (Å²) in [4.78, 5) is 2.44. The van der Waals surface area contributed by atoms with Crippen LogP contribution in [-0.4, -0.2) is 23.1 Å². The van der Waals surface area contributed by atoms with Crippen molar-refractivity contribution in [1.29, 1.82) is 0 Å². The molecule has 104 valence electrons. The molecule has 2 atom stereocenters. The van der Waals surface area contributed by atoms with Crippen LogP contribution in [0.4, 0.5) is 0 Å². The van der Waals surface area contributed by atoms with Crippen molar-refractivity contribution in [3.63, 3.8) is 0 Å². The van der Waals surface area contributed by atoms with Crippen molar-refractivity contribution < 1.29 is 5.11 Å². The Hall–Kier alpha value is -1.64. The average Bonchev–Trinajstić information content (AvgIpc) is 2.97.